The molecular weight excluding hydrogens is 252 g/mol. The Morgan fingerprint density at radius 1 is 1.20 bits per heavy atom. The summed E-state index contributed by atoms with van der Waals surface area (Å²) in [4.78, 5) is 6.66. The Morgan fingerprint density at radius 3 is 2.60 bits per heavy atom. The fraction of sp³-hybridized carbons (Fsp3) is 0.438. The molecule has 0 saturated carbocycles. The van der Waals surface area contributed by atoms with Gasteiger partial charge in [0.1, 0.15) is 18.1 Å². The highest BCUT2D eigenvalue weighted by Crippen LogP contribution is 2.22. The Kier molecular flexibility index (Phi) is 4.02. The average molecular weight is 272 g/mol. The predicted octanol–water partition coefficient (Wildman–Crippen LogP) is 3.12. The summed E-state index contributed by atoms with van der Waals surface area (Å²) in [5, 5.41) is 0. The first-order chi connectivity index (χ1) is 9.81. The first kappa shape index (κ1) is 13.2. The fourth-order valence-corrected chi connectivity index (χ4v) is 2.48. The minimum Gasteiger partial charge on any atom is -0.492 e. The minimum absolute atomic E-state index is 0.658. The molecule has 20 heavy (non-hydrogen) atoms. The number of aryl methyl sites for hydroxylation is 1. The molecule has 1 saturated heterocycles. The summed E-state index contributed by atoms with van der Waals surface area (Å²) in [6, 6.07) is 7.91. The number of nitrogens with zero attached hydrogens (tertiary/aromatic N) is 2. The van der Waals surface area contributed by atoms with Crippen molar-refractivity contribution in [3.63, 3.8) is 0 Å². The number of ether oxygens (including phenoxy) is 1. The Morgan fingerprint density at radius 2 is 1.95 bits per heavy atom. The largest absolute Gasteiger partial charge is 0.492 e. The third kappa shape index (κ3) is 3.20. The van der Waals surface area contributed by atoms with Crippen LogP contribution in [0.3, 0.4) is 0 Å². The Balaban J connectivity index is 1.53. The zero-order valence-electron chi connectivity index (χ0n) is 11.8. The molecule has 0 N–H and O–H groups in total. The lowest BCUT2D eigenvalue weighted by atomic mass is 10.2. The number of likely N-dealkylation sites (tertiary alicyclic amines) is 1. The van der Waals surface area contributed by atoms with E-state index in [2.05, 4.69) is 9.88 Å². The van der Waals surface area contributed by atoms with Gasteiger partial charge in [0, 0.05) is 12.1 Å². The smallest absolute Gasteiger partial charge is 0.226 e. The lowest BCUT2D eigenvalue weighted by Crippen LogP contribution is -2.25. The van der Waals surface area contributed by atoms with E-state index < -0.39 is 0 Å². The Hall–Kier alpha value is -1.81. The molecule has 1 fully saturated rings. The summed E-state index contributed by atoms with van der Waals surface area (Å²) >= 11 is 0. The molecule has 0 bridgehead atoms. The quantitative estimate of drug-likeness (QED) is 0.838. The van der Waals surface area contributed by atoms with Gasteiger partial charge in [-0.15, -0.1) is 0 Å². The van der Waals surface area contributed by atoms with Gasteiger partial charge in [-0.1, -0.05) is 0 Å². The molecule has 1 aromatic heterocycles. The zero-order valence-corrected chi connectivity index (χ0v) is 11.8. The van der Waals surface area contributed by atoms with Crippen molar-refractivity contribution in [1.82, 2.24) is 9.88 Å². The number of hydrogen-bond acceptors (Lipinski definition) is 4. The highest BCUT2D eigenvalue weighted by atomic mass is 16.5. The van der Waals surface area contributed by atoms with Crippen LogP contribution in [-0.4, -0.2) is 36.1 Å². The number of hydrogen-bond donors (Lipinski definition) is 0. The number of aromatic nitrogens is 1. The summed E-state index contributed by atoms with van der Waals surface area (Å²) in [7, 11) is 0. The maximum atomic E-state index is 5.77. The minimum atomic E-state index is 0.658. The Bertz CT molecular complexity index is 542. The predicted molar refractivity (Wildman–Crippen MR) is 77.8 cm³/mol. The Labute approximate surface area is 119 Å². The van der Waals surface area contributed by atoms with E-state index in [1.54, 1.807) is 6.20 Å². The van der Waals surface area contributed by atoms with Crippen LogP contribution in [-0.2, 0) is 0 Å². The molecule has 0 unspecified atom stereocenters. The van der Waals surface area contributed by atoms with Crippen LogP contribution in [0.5, 0.6) is 5.75 Å². The van der Waals surface area contributed by atoms with Gasteiger partial charge in [0.05, 0.1) is 6.20 Å². The molecule has 3 rings (SSSR count). The number of oxazole rings is 1. The van der Waals surface area contributed by atoms with Crippen LogP contribution in [0.2, 0.25) is 0 Å². The van der Waals surface area contributed by atoms with Gasteiger partial charge in [-0.2, -0.15) is 0 Å². The molecule has 0 atom stereocenters. The lowest BCUT2D eigenvalue weighted by Gasteiger charge is -2.14. The van der Waals surface area contributed by atoms with Gasteiger partial charge in [0.25, 0.3) is 0 Å². The van der Waals surface area contributed by atoms with Crippen molar-refractivity contribution in [2.45, 2.75) is 19.8 Å². The van der Waals surface area contributed by atoms with Crippen LogP contribution in [0.4, 0.5) is 0 Å². The van der Waals surface area contributed by atoms with Crippen molar-refractivity contribution in [2.24, 2.45) is 0 Å². The maximum absolute atomic E-state index is 5.77. The standard InChI is InChI=1S/C16H20N2O2/c1-13-12-17-16(20-13)14-4-6-15(7-5-14)19-11-10-18-8-2-3-9-18/h4-7,12H,2-3,8-11H2,1H3. The molecule has 1 aliphatic heterocycles. The second kappa shape index (κ2) is 6.09. The first-order valence-electron chi connectivity index (χ1n) is 7.19. The lowest BCUT2D eigenvalue weighted by molar-refractivity contribution is 0.238. The van der Waals surface area contributed by atoms with Gasteiger partial charge >= 0.3 is 0 Å². The van der Waals surface area contributed by atoms with E-state index >= 15 is 0 Å². The second-order valence-corrected chi connectivity index (χ2v) is 5.20. The van der Waals surface area contributed by atoms with E-state index in [0.717, 1.165) is 30.2 Å². The molecule has 0 amide bonds. The monoisotopic (exact) mass is 272 g/mol. The highest BCUT2D eigenvalue weighted by molar-refractivity contribution is 5.54. The van der Waals surface area contributed by atoms with Crippen molar-refractivity contribution in [1.29, 1.82) is 0 Å². The maximum Gasteiger partial charge on any atom is 0.226 e. The van der Waals surface area contributed by atoms with Crippen LogP contribution >= 0.6 is 0 Å². The summed E-state index contributed by atoms with van der Waals surface area (Å²) in [6.45, 7) is 6.09. The topological polar surface area (TPSA) is 38.5 Å². The fourth-order valence-electron chi connectivity index (χ4n) is 2.48. The van der Waals surface area contributed by atoms with E-state index in [0.29, 0.717) is 5.89 Å². The molecule has 0 aliphatic carbocycles. The molecule has 4 nitrogen and oxygen atoms in total. The summed E-state index contributed by atoms with van der Waals surface area (Å²) < 4.78 is 11.3. The van der Waals surface area contributed by atoms with Crippen molar-refractivity contribution in [2.75, 3.05) is 26.2 Å². The molecule has 0 radical (unpaired) electrons. The average Bonchev–Trinajstić information content (AvgIpc) is 3.11. The SMILES string of the molecule is Cc1cnc(-c2ccc(OCCN3CCCC3)cc2)o1. The van der Waals surface area contributed by atoms with E-state index in [9.17, 15) is 0 Å². The van der Waals surface area contributed by atoms with E-state index in [4.69, 9.17) is 9.15 Å². The molecule has 2 heterocycles. The van der Waals surface area contributed by atoms with E-state index in [-0.39, 0.29) is 0 Å². The zero-order chi connectivity index (χ0) is 13.8. The molecular formula is C16H20N2O2. The van der Waals surface area contributed by atoms with E-state index in [1.807, 2.05) is 31.2 Å². The molecule has 1 aliphatic rings. The van der Waals surface area contributed by atoms with Gasteiger partial charge in [-0.3, -0.25) is 4.90 Å². The summed E-state index contributed by atoms with van der Waals surface area (Å²) in [5.41, 5.74) is 0.977. The van der Waals surface area contributed by atoms with Crippen molar-refractivity contribution >= 4 is 0 Å². The van der Waals surface area contributed by atoms with Crippen LogP contribution in [0.25, 0.3) is 11.5 Å². The van der Waals surface area contributed by atoms with Crippen LogP contribution in [0.15, 0.2) is 34.9 Å². The highest BCUT2D eigenvalue weighted by Gasteiger charge is 2.10. The number of rotatable bonds is 5. The third-order valence-electron chi connectivity index (χ3n) is 3.60. The van der Waals surface area contributed by atoms with Crippen molar-refractivity contribution in [3.05, 3.63) is 36.2 Å². The first-order valence-corrected chi connectivity index (χ1v) is 7.19. The van der Waals surface area contributed by atoms with Gasteiger partial charge in [-0.25, -0.2) is 4.98 Å². The van der Waals surface area contributed by atoms with Crippen LogP contribution in [0, 0.1) is 6.92 Å². The summed E-state index contributed by atoms with van der Waals surface area (Å²) in [5.74, 6) is 2.38. The van der Waals surface area contributed by atoms with Crippen molar-refractivity contribution in [3.8, 4) is 17.2 Å². The van der Waals surface area contributed by atoms with Gasteiger partial charge < -0.3 is 9.15 Å². The molecule has 106 valence electrons. The van der Waals surface area contributed by atoms with Crippen LogP contribution in [0.1, 0.15) is 18.6 Å². The van der Waals surface area contributed by atoms with E-state index in [1.165, 1.54) is 25.9 Å². The molecule has 1 aromatic carbocycles. The van der Waals surface area contributed by atoms with Gasteiger partial charge in [0.15, 0.2) is 0 Å². The summed E-state index contributed by atoms with van der Waals surface area (Å²) in [6.07, 6.45) is 4.38. The molecule has 2 aromatic rings. The normalized spacial score (nSPS) is 15.7. The second-order valence-electron chi connectivity index (χ2n) is 5.20. The third-order valence-corrected chi connectivity index (χ3v) is 3.60. The van der Waals surface area contributed by atoms with Gasteiger partial charge in [0.2, 0.25) is 5.89 Å². The number of benzene rings is 1. The molecule has 0 spiro atoms. The van der Waals surface area contributed by atoms with Crippen molar-refractivity contribution < 1.29 is 9.15 Å². The van der Waals surface area contributed by atoms with Gasteiger partial charge in [-0.05, 0) is 57.1 Å². The molecule has 4 heteroatoms. The van der Waals surface area contributed by atoms with Crippen LogP contribution < -0.4 is 4.74 Å².